The number of halogens is 2. The Labute approximate surface area is 133 Å². The summed E-state index contributed by atoms with van der Waals surface area (Å²) in [5, 5.41) is 0.415. The molecule has 0 saturated heterocycles. The van der Waals surface area contributed by atoms with Gasteiger partial charge in [0.2, 0.25) is 10.0 Å². The molecule has 0 atom stereocenters. The zero-order valence-electron chi connectivity index (χ0n) is 10.8. The monoisotopic (exact) mass is 339 g/mol. The Hall–Kier alpha value is -1.51. The van der Waals surface area contributed by atoms with Gasteiger partial charge in [0.05, 0.1) is 11.6 Å². The van der Waals surface area contributed by atoms with Crippen LogP contribution in [0.4, 0.5) is 0 Å². The number of nitrogens with one attached hydrogen (secondary N) is 1. The first kappa shape index (κ1) is 15.9. The average molecular weight is 340 g/mol. The van der Waals surface area contributed by atoms with Gasteiger partial charge in [0.25, 0.3) is 0 Å². The Morgan fingerprint density at radius 3 is 2.48 bits per heavy atom. The van der Waals surface area contributed by atoms with E-state index in [-0.39, 0.29) is 16.5 Å². The summed E-state index contributed by atoms with van der Waals surface area (Å²) in [6, 6.07) is 13.6. The summed E-state index contributed by atoms with van der Waals surface area (Å²) in [6.45, 7) is -0.0138. The molecule has 2 aromatic rings. The minimum atomic E-state index is -3.74. The van der Waals surface area contributed by atoms with Crippen LogP contribution >= 0.6 is 23.2 Å². The molecule has 0 spiro atoms. The van der Waals surface area contributed by atoms with E-state index in [0.29, 0.717) is 5.02 Å². The highest BCUT2D eigenvalue weighted by atomic mass is 35.5. The van der Waals surface area contributed by atoms with Crippen LogP contribution < -0.4 is 4.72 Å². The van der Waals surface area contributed by atoms with Gasteiger partial charge in [-0.2, -0.15) is 4.72 Å². The summed E-state index contributed by atoms with van der Waals surface area (Å²) in [6.07, 6.45) is 0. The van der Waals surface area contributed by atoms with Crippen LogP contribution in [0.5, 0.6) is 0 Å². The van der Waals surface area contributed by atoms with E-state index in [0.717, 1.165) is 5.56 Å². The highest BCUT2D eigenvalue weighted by Crippen LogP contribution is 2.24. The van der Waals surface area contributed by atoms with Crippen LogP contribution in [-0.2, 0) is 10.0 Å². The smallest absolute Gasteiger partial charge is 0.207 e. The third-order valence-electron chi connectivity index (χ3n) is 2.54. The van der Waals surface area contributed by atoms with Gasteiger partial charge in [-0.05, 0) is 30.3 Å². The van der Waals surface area contributed by atoms with Crippen molar-refractivity contribution in [1.29, 1.82) is 0 Å². The van der Waals surface area contributed by atoms with Gasteiger partial charge in [0.15, 0.2) is 0 Å². The lowest BCUT2D eigenvalue weighted by atomic mass is 10.2. The Bertz CT molecular complexity index is 793. The molecule has 0 unspecified atom stereocenters. The molecule has 6 heteroatoms. The molecule has 0 aliphatic heterocycles. The van der Waals surface area contributed by atoms with Crippen LogP contribution in [0, 0.1) is 11.8 Å². The molecule has 0 amide bonds. The molecule has 0 radical (unpaired) electrons. The fourth-order valence-electron chi connectivity index (χ4n) is 1.56. The van der Waals surface area contributed by atoms with Crippen molar-refractivity contribution in [3.8, 4) is 11.8 Å². The summed E-state index contributed by atoms with van der Waals surface area (Å²) in [4.78, 5) is -0.0572. The van der Waals surface area contributed by atoms with Gasteiger partial charge in [-0.25, -0.2) is 8.42 Å². The van der Waals surface area contributed by atoms with E-state index < -0.39 is 10.0 Å². The van der Waals surface area contributed by atoms with E-state index in [1.807, 2.05) is 30.3 Å². The maximum Gasteiger partial charge on any atom is 0.242 e. The summed E-state index contributed by atoms with van der Waals surface area (Å²) in [5.41, 5.74) is 0.817. The largest absolute Gasteiger partial charge is 0.242 e. The van der Waals surface area contributed by atoms with Crippen molar-refractivity contribution >= 4 is 33.2 Å². The molecule has 0 fully saturated rings. The highest BCUT2D eigenvalue weighted by Gasteiger charge is 2.17. The number of rotatable bonds is 3. The van der Waals surface area contributed by atoms with Crippen molar-refractivity contribution in [3.63, 3.8) is 0 Å². The van der Waals surface area contributed by atoms with Crippen molar-refractivity contribution in [2.24, 2.45) is 0 Å². The number of sulfonamides is 1. The number of hydrogen-bond donors (Lipinski definition) is 1. The zero-order chi connectivity index (χ0) is 15.3. The summed E-state index contributed by atoms with van der Waals surface area (Å²) < 4.78 is 26.6. The first-order chi connectivity index (χ1) is 9.99. The molecule has 1 N–H and O–H groups in total. The van der Waals surface area contributed by atoms with Crippen LogP contribution in [-0.4, -0.2) is 15.0 Å². The maximum atomic E-state index is 12.1. The average Bonchev–Trinajstić information content (AvgIpc) is 2.47. The van der Waals surface area contributed by atoms with Gasteiger partial charge in [-0.1, -0.05) is 53.2 Å². The van der Waals surface area contributed by atoms with Crippen molar-refractivity contribution in [2.75, 3.05) is 6.54 Å². The topological polar surface area (TPSA) is 46.2 Å². The van der Waals surface area contributed by atoms with Gasteiger partial charge in [-0.15, -0.1) is 0 Å². The van der Waals surface area contributed by atoms with Crippen LogP contribution in [0.3, 0.4) is 0 Å². The van der Waals surface area contributed by atoms with Crippen molar-refractivity contribution in [1.82, 2.24) is 4.72 Å². The molecule has 21 heavy (non-hydrogen) atoms. The second-order valence-corrected chi connectivity index (χ2v) is 6.65. The van der Waals surface area contributed by atoms with Gasteiger partial charge in [0.1, 0.15) is 4.90 Å². The fourth-order valence-corrected chi connectivity index (χ4v) is 3.24. The van der Waals surface area contributed by atoms with Crippen molar-refractivity contribution < 1.29 is 8.42 Å². The quantitative estimate of drug-likeness (QED) is 0.872. The molecule has 0 bridgehead atoms. The van der Waals surface area contributed by atoms with Crippen molar-refractivity contribution in [3.05, 3.63) is 64.1 Å². The third-order valence-corrected chi connectivity index (χ3v) is 4.66. The molecular weight excluding hydrogens is 329 g/mol. The molecule has 0 aromatic heterocycles. The van der Waals surface area contributed by atoms with E-state index in [2.05, 4.69) is 16.6 Å². The van der Waals surface area contributed by atoms with Gasteiger partial charge >= 0.3 is 0 Å². The Balaban J connectivity index is 2.09. The van der Waals surface area contributed by atoms with E-state index >= 15 is 0 Å². The Morgan fingerprint density at radius 1 is 1.05 bits per heavy atom. The van der Waals surface area contributed by atoms with Crippen LogP contribution in [0.1, 0.15) is 5.56 Å². The molecule has 0 heterocycles. The second-order valence-electron chi connectivity index (χ2n) is 4.07. The van der Waals surface area contributed by atoms with Crippen molar-refractivity contribution in [2.45, 2.75) is 4.90 Å². The first-order valence-corrected chi connectivity index (χ1v) is 8.21. The zero-order valence-corrected chi connectivity index (χ0v) is 13.1. The third kappa shape index (κ3) is 4.48. The maximum absolute atomic E-state index is 12.1. The number of benzene rings is 2. The van der Waals surface area contributed by atoms with E-state index in [1.165, 1.54) is 18.2 Å². The molecule has 0 aliphatic carbocycles. The predicted octanol–water partition coefficient (Wildman–Crippen LogP) is 3.32. The lowest BCUT2D eigenvalue weighted by Gasteiger charge is -2.06. The normalized spacial score (nSPS) is 10.8. The first-order valence-electron chi connectivity index (χ1n) is 5.98. The molecule has 0 aliphatic rings. The fraction of sp³-hybridized carbons (Fsp3) is 0.0667. The molecule has 2 aromatic carbocycles. The molecular formula is C15H11Cl2NO2S. The number of hydrogen-bond acceptors (Lipinski definition) is 2. The highest BCUT2D eigenvalue weighted by molar-refractivity contribution is 7.89. The van der Waals surface area contributed by atoms with Gasteiger partial charge < -0.3 is 0 Å². The molecule has 3 nitrogen and oxygen atoms in total. The van der Waals surface area contributed by atoms with Gasteiger partial charge in [0, 0.05) is 10.6 Å². The molecule has 2 rings (SSSR count). The van der Waals surface area contributed by atoms with Crippen LogP contribution in [0.2, 0.25) is 10.0 Å². The molecule has 108 valence electrons. The van der Waals surface area contributed by atoms with Crippen LogP contribution in [0.25, 0.3) is 0 Å². The second kappa shape index (κ2) is 6.97. The van der Waals surface area contributed by atoms with E-state index in [4.69, 9.17) is 23.2 Å². The SMILES string of the molecule is O=S(=O)(NCC#Cc1ccccc1)c1cc(Cl)ccc1Cl. The lowest BCUT2D eigenvalue weighted by Crippen LogP contribution is -2.24. The van der Waals surface area contributed by atoms with E-state index in [1.54, 1.807) is 0 Å². The summed E-state index contributed by atoms with van der Waals surface area (Å²) >= 11 is 11.7. The summed E-state index contributed by atoms with van der Waals surface area (Å²) in [7, 11) is -3.74. The lowest BCUT2D eigenvalue weighted by molar-refractivity contribution is 0.586. The van der Waals surface area contributed by atoms with Gasteiger partial charge in [-0.3, -0.25) is 0 Å². The minimum absolute atomic E-state index is 0.0138. The molecule has 0 saturated carbocycles. The Kier molecular flexibility index (Phi) is 5.27. The van der Waals surface area contributed by atoms with Crippen LogP contribution in [0.15, 0.2) is 53.4 Å². The standard InChI is InChI=1S/C15H11Cl2NO2S/c16-13-8-9-14(17)15(11-13)21(19,20)18-10-4-7-12-5-2-1-3-6-12/h1-3,5-6,8-9,11,18H,10H2. The van der Waals surface area contributed by atoms with E-state index in [9.17, 15) is 8.42 Å². The Morgan fingerprint density at radius 2 is 1.76 bits per heavy atom. The predicted molar refractivity (Wildman–Crippen MR) is 85.0 cm³/mol. The minimum Gasteiger partial charge on any atom is -0.207 e. The summed E-state index contributed by atoms with van der Waals surface area (Å²) in [5.74, 6) is 5.60.